The molecule has 3 aromatic rings. The molecule has 0 bridgehead atoms. The second kappa shape index (κ2) is 8.02. The van der Waals surface area contributed by atoms with Gasteiger partial charge in [-0.1, -0.05) is 30.7 Å². The molecule has 24 heavy (non-hydrogen) atoms. The van der Waals surface area contributed by atoms with Crippen molar-refractivity contribution in [3.8, 4) is 5.75 Å². The smallest absolute Gasteiger partial charge is 0.119 e. The summed E-state index contributed by atoms with van der Waals surface area (Å²) in [5, 5.41) is 4.87. The highest BCUT2D eigenvalue weighted by molar-refractivity contribution is 5.83. The van der Waals surface area contributed by atoms with Gasteiger partial charge in [-0.15, -0.1) is 0 Å². The first-order valence-electron chi connectivity index (χ1n) is 8.75. The van der Waals surface area contributed by atoms with Crippen molar-refractivity contribution in [2.45, 2.75) is 33.2 Å². The summed E-state index contributed by atoms with van der Waals surface area (Å²) in [4.78, 5) is 3.36. The van der Waals surface area contributed by atoms with E-state index in [0.29, 0.717) is 0 Å². The predicted molar refractivity (Wildman–Crippen MR) is 101 cm³/mol. The van der Waals surface area contributed by atoms with Crippen molar-refractivity contribution in [2.75, 3.05) is 13.2 Å². The monoisotopic (exact) mass is 322 g/mol. The number of H-pyrrole nitrogens is 1. The number of hydrogen-bond donors (Lipinski definition) is 2. The Morgan fingerprint density at radius 3 is 2.92 bits per heavy atom. The van der Waals surface area contributed by atoms with Crippen LogP contribution in [0.4, 0.5) is 0 Å². The molecule has 126 valence electrons. The van der Waals surface area contributed by atoms with Gasteiger partial charge in [-0.2, -0.15) is 0 Å². The Morgan fingerprint density at radius 1 is 1.12 bits per heavy atom. The molecule has 0 aliphatic heterocycles. The lowest BCUT2D eigenvalue weighted by Gasteiger charge is -2.08. The van der Waals surface area contributed by atoms with E-state index in [1.807, 2.05) is 6.07 Å². The van der Waals surface area contributed by atoms with Crippen LogP contribution in [-0.2, 0) is 13.0 Å². The van der Waals surface area contributed by atoms with Crippen LogP contribution >= 0.6 is 0 Å². The summed E-state index contributed by atoms with van der Waals surface area (Å²) in [6, 6.07) is 14.9. The average Bonchev–Trinajstić information content (AvgIpc) is 2.99. The third-order valence-corrected chi connectivity index (χ3v) is 4.19. The Hall–Kier alpha value is -2.26. The molecule has 3 rings (SSSR count). The second-order valence-electron chi connectivity index (χ2n) is 6.29. The van der Waals surface area contributed by atoms with Gasteiger partial charge in [0.15, 0.2) is 0 Å². The fraction of sp³-hybridized carbons (Fsp3) is 0.333. The standard InChI is InChI=1S/C21H26N2O/c1-3-11-24-19-6-4-5-17(13-19)14-22-10-9-18-15-23-21-8-7-16(2)12-20(18)21/h4-8,12-13,15,22-23H,3,9-11,14H2,1-2H3. The second-order valence-corrected chi connectivity index (χ2v) is 6.29. The first kappa shape index (κ1) is 16.6. The molecule has 0 amide bonds. The van der Waals surface area contributed by atoms with Gasteiger partial charge in [-0.05, 0) is 61.7 Å². The van der Waals surface area contributed by atoms with Crippen LogP contribution in [0.3, 0.4) is 0 Å². The minimum atomic E-state index is 0.775. The van der Waals surface area contributed by atoms with Crippen LogP contribution in [0.5, 0.6) is 5.75 Å². The molecule has 1 aromatic heterocycles. The van der Waals surface area contributed by atoms with Gasteiger partial charge in [-0.3, -0.25) is 0 Å². The molecule has 0 saturated carbocycles. The third kappa shape index (κ3) is 4.18. The maximum Gasteiger partial charge on any atom is 0.119 e. The van der Waals surface area contributed by atoms with Crippen LogP contribution in [0.15, 0.2) is 48.7 Å². The molecule has 0 atom stereocenters. The number of benzene rings is 2. The zero-order chi connectivity index (χ0) is 16.8. The molecule has 0 fully saturated rings. The number of ether oxygens (including phenoxy) is 1. The Balaban J connectivity index is 1.52. The van der Waals surface area contributed by atoms with Gasteiger partial charge in [0.25, 0.3) is 0 Å². The van der Waals surface area contributed by atoms with Gasteiger partial charge in [-0.25, -0.2) is 0 Å². The molecular formula is C21H26N2O. The number of nitrogens with one attached hydrogen (secondary N) is 2. The molecule has 0 unspecified atom stereocenters. The molecule has 0 aliphatic rings. The van der Waals surface area contributed by atoms with E-state index in [9.17, 15) is 0 Å². The van der Waals surface area contributed by atoms with Gasteiger partial charge < -0.3 is 15.0 Å². The minimum absolute atomic E-state index is 0.775. The topological polar surface area (TPSA) is 37.0 Å². The van der Waals surface area contributed by atoms with E-state index in [-0.39, 0.29) is 0 Å². The van der Waals surface area contributed by atoms with Crippen molar-refractivity contribution in [2.24, 2.45) is 0 Å². The maximum atomic E-state index is 5.69. The third-order valence-electron chi connectivity index (χ3n) is 4.19. The fourth-order valence-electron chi connectivity index (χ4n) is 2.92. The highest BCUT2D eigenvalue weighted by Gasteiger charge is 2.04. The molecule has 0 radical (unpaired) electrons. The summed E-state index contributed by atoms with van der Waals surface area (Å²) < 4.78 is 5.69. The summed E-state index contributed by atoms with van der Waals surface area (Å²) in [6.07, 6.45) is 4.19. The summed E-state index contributed by atoms with van der Waals surface area (Å²) in [7, 11) is 0. The Morgan fingerprint density at radius 2 is 2.04 bits per heavy atom. The molecular weight excluding hydrogens is 296 g/mol. The van der Waals surface area contributed by atoms with E-state index < -0.39 is 0 Å². The van der Waals surface area contributed by atoms with E-state index in [0.717, 1.165) is 38.3 Å². The number of aromatic amines is 1. The first-order valence-corrected chi connectivity index (χ1v) is 8.75. The van der Waals surface area contributed by atoms with Crippen molar-refractivity contribution in [1.82, 2.24) is 10.3 Å². The van der Waals surface area contributed by atoms with E-state index in [2.05, 4.69) is 66.7 Å². The molecule has 2 N–H and O–H groups in total. The normalized spacial score (nSPS) is 11.1. The predicted octanol–water partition coefficient (Wildman–Crippen LogP) is 4.60. The van der Waals surface area contributed by atoms with E-state index in [1.54, 1.807) is 0 Å². The molecule has 3 nitrogen and oxygen atoms in total. The van der Waals surface area contributed by atoms with Gasteiger partial charge in [0, 0.05) is 23.6 Å². The van der Waals surface area contributed by atoms with Crippen LogP contribution in [-0.4, -0.2) is 18.1 Å². The van der Waals surface area contributed by atoms with Crippen molar-refractivity contribution < 1.29 is 4.74 Å². The van der Waals surface area contributed by atoms with Gasteiger partial charge in [0.2, 0.25) is 0 Å². The molecule has 0 spiro atoms. The average molecular weight is 322 g/mol. The molecule has 2 aromatic carbocycles. The van der Waals surface area contributed by atoms with Crippen LogP contribution in [0.2, 0.25) is 0 Å². The number of hydrogen-bond acceptors (Lipinski definition) is 2. The summed E-state index contributed by atoms with van der Waals surface area (Å²) >= 11 is 0. The van der Waals surface area contributed by atoms with E-state index >= 15 is 0 Å². The zero-order valence-corrected chi connectivity index (χ0v) is 14.6. The zero-order valence-electron chi connectivity index (χ0n) is 14.6. The summed E-state index contributed by atoms with van der Waals surface area (Å²) in [5.41, 5.74) is 5.16. The molecule has 3 heteroatoms. The number of aromatic nitrogens is 1. The summed E-state index contributed by atoms with van der Waals surface area (Å²) in [5.74, 6) is 0.961. The van der Waals surface area contributed by atoms with Gasteiger partial charge in [0.05, 0.1) is 6.61 Å². The largest absolute Gasteiger partial charge is 0.494 e. The van der Waals surface area contributed by atoms with Crippen molar-refractivity contribution in [3.63, 3.8) is 0 Å². The lowest BCUT2D eigenvalue weighted by Crippen LogP contribution is -2.16. The van der Waals surface area contributed by atoms with Crippen molar-refractivity contribution in [1.29, 1.82) is 0 Å². The quantitative estimate of drug-likeness (QED) is 0.595. The van der Waals surface area contributed by atoms with Crippen LogP contribution in [0.1, 0.15) is 30.0 Å². The van der Waals surface area contributed by atoms with Crippen molar-refractivity contribution in [3.05, 3.63) is 65.4 Å². The Labute approximate surface area is 144 Å². The molecule has 0 saturated heterocycles. The van der Waals surface area contributed by atoms with Gasteiger partial charge in [0.1, 0.15) is 5.75 Å². The Kier molecular flexibility index (Phi) is 5.55. The van der Waals surface area contributed by atoms with Crippen LogP contribution in [0.25, 0.3) is 10.9 Å². The fourth-order valence-corrected chi connectivity index (χ4v) is 2.92. The highest BCUT2D eigenvalue weighted by atomic mass is 16.5. The van der Waals surface area contributed by atoms with Gasteiger partial charge >= 0.3 is 0 Å². The maximum absolute atomic E-state index is 5.69. The lowest BCUT2D eigenvalue weighted by atomic mass is 10.1. The molecule has 1 heterocycles. The van der Waals surface area contributed by atoms with Crippen LogP contribution in [0, 0.1) is 6.92 Å². The summed E-state index contributed by atoms with van der Waals surface area (Å²) in [6.45, 7) is 6.86. The Bertz CT molecular complexity index is 791. The van der Waals surface area contributed by atoms with Crippen molar-refractivity contribution >= 4 is 10.9 Å². The number of fused-ring (bicyclic) bond motifs is 1. The van der Waals surface area contributed by atoms with Crippen LogP contribution < -0.4 is 10.1 Å². The van der Waals surface area contributed by atoms with E-state index in [1.165, 1.54) is 27.6 Å². The number of aryl methyl sites for hydroxylation is 1. The molecule has 0 aliphatic carbocycles. The number of rotatable bonds is 8. The minimum Gasteiger partial charge on any atom is -0.494 e. The lowest BCUT2D eigenvalue weighted by molar-refractivity contribution is 0.317. The SMILES string of the molecule is CCCOc1cccc(CNCCc2c[nH]c3ccc(C)cc23)c1. The highest BCUT2D eigenvalue weighted by Crippen LogP contribution is 2.20. The van der Waals surface area contributed by atoms with E-state index in [4.69, 9.17) is 4.74 Å². The first-order chi connectivity index (χ1) is 11.8.